The summed E-state index contributed by atoms with van der Waals surface area (Å²) >= 11 is 0. The van der Waals surface area contributed by atoms with Gasteiger partial charge in [0, 0.05) is 11.4 Å². The predicted octanol–water partition coefficient (Wildman–Crippen LogP) is 10.5. The summed E-state index contributed by atoms with van der Waals surface area (Å²) in [5.74, 6) is 0. The molecular formula is C58H52B2N2. The van der Waals surface area contributed by atoms with E-state index in [-0.39, 0.29) is 13.4 Å². The van der Waals surface area contributed by atoms with E-state index in [4.69, 9.17) is 0 Å². The molecule has 0 atom stereocenters. The number of anilines is 6. The van der Waals surface area contributed by atoms with Gasteiger partial charge < -0.3 is 9.80 Å². The molecule has 0 aromatic heterocycles. The van der Waals surface area contributed by atoms with Crippen molar-refractivity contribution in [1.82, 2.24) is 0 Å². The van der Waals surface area contributed by atoms with Crippen LogP contribution < -0.4 is 42.6 Å². The van der Waals surface area contributed by atoms with Gasteiger partial charge in [-0.15, -0.1) is 0 Å². The topological polar surface area (TPSA) is 6.48 Å². The number of hydrogen-bond acceptors (Lipinski definition) is 2. The fraction of sp³-hybridized carbons (Fsp3) is 0.241. The van der Waals surface area contributed by atoms with Crippen molar-refractivity contribution in [2.24, 2.45) is 0 Å². The summed E-state index contributed by atoms with van der Waals surface area (Å²) in [5.41, 5.74) is 31.2. The average Bonchev–Trinajstić information content (AvgIpc) is 3.26. The molecular weight excluding hydrogens is 746 g/mol. The van der Waals surface area contributed by atoms with Gasteiger partial charge in [0.25, 0.3) is 0 Å². The van der Waals surface area contributed by atoms with Gasteiger partial charge in [0.1, 0.15) is 0 Å². The molecule has 8 aromatic carbocycles. The Morgan fingerprint density at radius 3 is 1.11 bits per heavy atom. The summed E-state index contributed by atoms with van der Waals surface area (Å²) in [5, 5.41) is 5.35. The second-order valence-corrected chi connectivity index (χ2v) is 19.7. The molecule has 0 bridgehead atoms. The van der Waals surface area contributed by atoms with Crippen LogP contribution in [0.2, 0.25) is 0 Å². The first-order chi connectivity index (χ1) is 30.2. The molecule has 0 amide bonds. The summed E-state index contributed by atoms with van der Waals surface area (Å²) in [4.78, 5) is 5.54. The van der Waals surface area contributed by atoms with E-state index in [1.54, 1.807) is 11.1 Å². The van der Waals surface area contributed by atoms with Gasteiger partial charge in [-0.05, 0) is 183 Å². The van der Waals surface area contributed by atoms with Crippen LogP contribution in [0.15, 0.2) is 109 Å². The molecule has 62 heavy (non-hydrogen) atoms. The van der Waals surface area contributed by atoms with E-state index >= 15 is 0 Å². The first-order valence-corrected chi connectivity index (χ1v) is 23.4. The Balaban J connectivity index is 1.24. The fourth-order valence-electron chi connectivity index (χ4n) is 13.5. The molecule has 0 N–H and O–H groups in total. The zero-order chi connectivity index (χ0) is 41.7. The van der Waals surface area contributed by atoms with Crippen molar-refractivity contribution in [2.45, 2.75) is 92.9 Å². The Kier molecular flexibility index (Phi) is 7.84. The minimum absolute atomic E-state index is 0.0915. The number of fused-ring (bicyclic) bond motifs is 12. The first kappa shape index (κ1) is 36.6. The molecule has 8 aromatic rings. The maximum Gasteiger partial charge on any atom is 0.248 e. The Morgan fingerprint density at radius 1 is 0.371 bits per heavy atom. The number of nitrogens with zero attached hydrogens (tertiary/aromatic N) is 2. The molecule has 3 heterocycles. The summed E-state index contributed by atoms with van der Waals surface area (Å²) in [6.45, 7) is 14.2. The monoisotopic (exact) mass is 798 g/mol. The SMILES string of the molecule is Cc1cc(C)c(B2c3cc4c(cc3N3c5cc6ccccc6c6c5N(c5cc7c(cc5B6c5c(C)cc(C)cc5C)CCCC7)c5cc6ccccc6c2c53)CCCC4)c(C)c1. The Labute approximate surface area is 367 Å². The van der Waals surface area contributed by atoms with Crippen LogP contribution in [0.1, 0.15) is 81.3 Å². The summed E-state index contributed by atoms with van der Waals surface area (Å²) < 4.78 is 0. The van der Waals surface area contributed by atoms with Crippen molar-refractivity contribution in [2.75, 3.05) is 9.80 Å². The molecule has 2 aliphatic carbocycles. The van der Waals surface area contributed by atoms with Crippen molar-refractivity contribution < 1.29 is 0 Å². The van der Waals surface area contributed by atoms with E-state index in [1.807, 2.05) is 0 Å². The van der Waals surface area contributed by atoms with Gasteiger partial charge in [0.15, 0.2) is 0 Å². The first-order valence-electron chi connectivity index (χ1n) is 23.4. The van der Waals surface area contributed by atoms with Crippen LogP contribution in [0.3, 0.4) is 0 Å². The van der Waals surface area contributed by atoms with Crippen molar-refractivity contribution >= 4 is 102 Å². The molecule has 0 unspecified atom stereocenters. The van der Waals surface area contributed by atoms with Crippen LogP contribution in [-0.4, -0.2) is 13.4 Å². The predicted molar refractivity (Wildman–Crippen MR) is 268 cm³/mol. The average molecular weight is 799 g/mol. The second kappa shape index (κ2) is 13.3. The third-order valence-electron chi connectivity index (χ3n) is 15.7. The van der Waals surface area contributed by atoms with Gasteiger partial charge in [-0.2, -0.15) is 0 Å². The lowest BCUT2D eigenvalue weighted by Crippen LogP contribution is -2.62. The number of hydrogen-bond donors (Lipinski definition) is 0. The van der Waals surface area contributed by atoms with E-state index in [0.29, 0.717) is 0 Å². The zero-order valence-electron chi connectivity index (χ0n) is 37.1. The number of benzene rings is 8. The molecule has 13 rings (SSSR count). The lowest BCUT2D eigenvalue weighted by Gasteiger charge is -2.50. The van der Waals surface area contributed by atoms with E-state index in [9.17, 15) is 0 Å². The number of aryl methyl sites for hydroxylation is 10. The lowest BCUT2D eigenvalue weighted by atomic mass is 9.32. The van der Waals surface area contributed by atoms with E-state index in [1.165, 1.54) is 159 Å². The van der Waals surface area contributed by atoms with Crippen LogP contribution in [0, 0.1) is 41.5 Å². The van der Waals surface area contributed by atoms with Gasteiger partial charge in [0.2, 0.25) is 13.4 Å². The highest BCUT2D eigenvalue weighted by Crippen LogP contribution is 2.57. The summed E-state index contributed by atoms with van der Waals surface area (Å²) in [7, 11) is 0. The minimum atomic E-state index is 0.0915. The Bertz CT molecular complexity index is 3040. The van der Waals surface area contributed by atoms with Gasteiger partial charge >= 0.3 is 0 Å². The quantitative estimate of drug-likeness (QED) is 0.161. The summed E-state index contributed by atoms with van der Waals surface area (Å²) in [6, 6.07) is 44.1. The van der Waals surface area contributed by atoms with Gasteiger partial charge in [-0.3, -0.25) is 0 Å². The van der Waals surface area contributed by atoms with Crippen molar-refractivity contribution in [3.05, 3.63) is 165 Å². The molecule has 0 radical (unpaired) electrons. The van der Waals surface area contributed by atoms with Crippen molar-refractivity contribution in [3.63, 3.8) is 0 Å². The fourth-order valence-corrected chi connectivity index (χ4v) is 13.5. The molecule has 0 fully saturated rings. The van der Waals surface area contributed by atoms with Crippen LogP contribution in [0.4, 0.5) is 34.1 Å². The largest absolute Gasteiger partial charge is 0.307 e. The highest BCUT2D eigenvalue weighted by molar-refractivity contribution is 7.01. The van der Waals surface area contributed by atoms with Crippen LogP contribution >= 0.6 is 0 Å². The molecule has 0 saturated heterocycles. The van der Waals surface area contributed by atoms with Crippen LogP contribution in [0.25, 0.3) is 21.5 Å². The van der Waals surface area contributed by atoms with E-state index in [2.05, 4.69) is 161 Å². The second-order valence-electron chi connectivity index (χ2n) is 19.7. The lowest BCUT2D eigenvalue weighted by molar-refractivity contribution is 0.686. The smallest absolute Gasteiger partial charge is 0.248 e. The Morgan fingerprint density at radius 2 is 0.726 bits per heavy atom. The van der Waals surface area contributed by atoms with E-state index in [0.717, 1.165) is 25.7 Å². The van der Waals surface area contributed by atoms with Crippen LogP contribution in [0.5, 0.6) is 0 Å². The zero-order valence-corrected chi connectivity index (χ0v) is 37.1. The highest BCUT2D eigenvalue weighted by atomic mass is 15.3. The maximum atomic E-state index is 2.77. The van der Waals surface area contributed by atoms with Gasteiger partial charge in [-0.25, -0.2) is 0 Å². The highest BCUT2D eigenvalue weighted by Gasteiger charge is 2.49. The van der Waals surface area contributed by atoms with Crippen molar-refractivity contribution in [3.8, 4) is 0 Å². The molecule has 3 aliphatic heterocycles. The van der Waals surface area contributed by atoms with E-state index < -0.39 is 0 Å². The number of rotatable bonds is 2. The van der Waals surface area contributed by atoms with Crippen LogP contribution in [-0.2, 0) is 25.7 Å². The van der Waals surface area contributed by atoms with Gasteiger partial charge in [0.05, 0.1) is 22.7 Å². The third-order valence-corrected chi connectivity index (χ3v) is 15.7. The molecule has 0 spiro atoms. The molecule has 0 saturated carbocycles. The molecule has 5 aliphatic rings. The Hall–Kier alpha value is -5.99. The molecule has 4 heteroatoms. The molecule has 300 valence electrons. The standard InChI is InChI=1S/C58H52B2N2/c1-33-23-35(3)53(36(4)24-33)59-47-27-39-15-7-9-17-41(39)29-49(47)61-52-32-44-20-12-14-22-46(44)56-58(52)62(51-31-43-19-11-13-21-45(43)55(59)57(51)61)50-30-42-18-10-8-16-40(42)28-48(50)60(56)54-37(5)25-34(2)26-38(54)6/h11-14,19-32H,7-10,15-18H2,1-6H3. The van der Waals surface area contributed by atoms with Gasteiger partial charge in [-0.1, -0.05) is 129 Å². The third kappa shape index (κ3) is 5.01. The molecule has 2 nitrogen and oxygen atoms in total. The van der Waals surface area contributed by atoms with Crippen molar-refractivity contribution in [1.29, 1.82) is 0 Å². The summed E-state index contributed by atoms with van der Waals surface area (Å²) in [6.07, 6.45) is 9.66. The minimum Gasteiger partial charge on any atom is -0.307 e. The maximum absolute atomic E-state index is 2.77. The normalized spacial score (nSPS) is 15.6.